The first-order valence-electron chi connectivity index (χ1n) is 7.83. The molecule has 2 aromatic rings. The second-order valence-electron chi connectivity index (χ2n) is 6.32. The third kappa shape index (κ3) is 3.13. The maximum atomic E-state index is 12.9. The Morgan fingerprint density at radius 2 is 1.92 bits per heavy atom. The number of urea groups is 1. The summed E-state index contributed by atoms with van der Waals surface area (Å²) in [6.07, 6.45) is 0. The van der Waals surface area contributed by atoms with E-state index in [1.807, 2.05) is 13.8 Å². The number of Topliss-reactive ketones (excluding diaryl/α,β-unsaturated/α-hetero) is 1. The Balaban J connectivity index is 1.89. The molecule has 0 spiro atoms. The normalized spacial score (nSPS) is 19.8. The van der Waals surface area contributed by atoms with Crippen molar-refractivity contribution in [2.75, 3.05) is 6.54 Å². The standard InChI is InChI=1S/C18H16Cl2N2O3S/c1-9-6-12(10(2)26-9)15(23)8-22-16(24)18(3,21-17(22)25)13-5-4-11(19)7-14(13)20/h4-7H,8H2,1-3H3,(H,21,25)/t18-/m0/s1. The van der Waals surface area contributed by atoms with Gasteiger partial charge in [0.25, 0.3) is 5.91 Å². The lowest BCUT2D eigenvalue weighted by atomic mass is 9.92. The second kappa shape index (κ2) is 6.68. The lowest BCUT2D eigenvalue weighted by Crippen LogP contribution is -2.41. The molecule has 1 saturated heterocycles. The van der Waals surface area contributed by atoms with E-state index in [1.165, 1.54) is 17.4 Å². The Morgan fingerprint density at radius 1 is 1.23 bits per heavy atom. The highest BCUT2D eigenvalue weighted by Gasteiger charge is 2.50. The van der Waals surface area contributed by atoms with Gasteiger partial charge >= 0.3 is 6.03 Å². The first-order chi connectivity index (χ1) is 12.1. The first-order valence-corrected chi connectivity index (χ1v) is 9.40. The summed E-state index contributed by atoms with van der Waals surface area (Å²) >= 11 is 13.6. The quantitative estimate of drug-likeness (QED) is 0.602. The van der Waals surface area contributed by atoms with Gasteiger partial charge in [-0.25, -0.2) is 4.79 Å². The van der Waals surface area contributed by atoms with Crippen molar-refractivity contribution < 1.29 is 14.4 Å². The van der Waals surface area contributed by atoms with E-state index in [0.717, 1.165) is 14.7 Å². The Kier molecular flexibility index (Phi) is 4.86. The highest BCUT2D eigenvalue weighted by molar-refractivity contribution is 7.12. The van der Waals surface area contributed by atoms with E-state index >= 15 is 0 Å². The van der Waals surface area contributed by atoms with Crippen LogP contribution >= 0.6 is 34.5 Å². The number of aryl methyl sites for hydroxylation is 2. The van der Waals surface area contributed by atoms with Crippen molar-refractivity contribution in [1.29, 1.82) is 0 Å². The Bertz CT molecular complexity index is 941. The maximum absolute atomic E-state index is 12.9. The zero-order valence-electron chi connectivity index (χ0n) is 14.4. The summed E-state index contributed by atoms with van der Waals surface area (Å²) in [7, 11) is 0. The largest absolute Gasteiger partial charge is 0.325 e. The van der Waals surface area contributed by atoms with E-state index in [4.69, 9.17) is 23.2 Å². The van der Waals surface area contributed by atoms with Gasteiger partial charge in [-0.3, -0.25) is 14.5 Å². The summed E-state index contributed by atoms with van der Waals surface area (Å²) in [4.78, 5) is 40.7. The van der Waals surface area contributed by atoms with Crippen molar-refractivity contribution in [1.82, 2.24) is 10.2 Å². The number of benzene rings is 1. The van der Waals surface area contributed by atoms with E-state index in [9.17, 15) is 14.4 Å². The minimum absolute atomic E-state index is 0.270. The van der Waals surface area contributed by atoms with Crippen LogP contribution in [0.5, 0.6) is 0 Å². The fraction of sp³-hybridized carbons (Fsp3) is 0.278. The number of carbonyl (C=O) groups excluding carboxylic acids is 3. The molecule has 1 N–H and O–H groups in total. The SMILES string of the molecule is Cc1cc(C(=O)CN2C(=O)N[C@@](C)(c3ccc(Cl)cc3Cl)C2=O)c(C)s1. The molecule has 136 valence electrons. The van der Waals surface area contributed by atoms with Gasteiger partial charge < -0.3 is 5.32 Å². The predicted molar refractivity (Wildman–Crippen MR) is 102 cm³/mol. The minimum Gasteiger partial charge on any atom is -0.319 e. The van der Waals surface area contributed by atoms with Gasteiger partial charge in [-0.1, -0.05) is 29.3 Å². The van der Waals surface area contributed by atoms with Crippen LogP contribution < -0.4 is 5.32 Å². The van der Waals surface area contributed by atoms with E-state index in [1.54, 1.807) is 25.1 Å². The second-order valence-corrected chi connectivity index (χ2v) is 8.62. The van der Waals surface area contributed by atoms with Gasteiger partial charge in [0.2, 0.25) is 0 Å². The van der Waals surface area contributed by atoms with Crippen LogP contribution in [0, 0.1) is 13.8 Å². The zero-order chi connectivity index (χ0) is 19.2. The third-order valence-electron chi connectivity index (χ3n) is 4.39. The van der Waals surface area contributed by atoms with Crippen molar-refractivity contribution in [3.05, 3.63) is 55.2 Å². The number of carbonyl (C=O) groups is 3. The number of halogens is 2. The van der Waals surface area contributed by atoms with E-state index < -0.39 is 17.5 Å². The van der Waals surface area contributed by atoms with E-state index in [2.05, 4.69) is 5.32 Å². The summed E-state index contributed by atoms with van der Waals surface area (Å²) in [5.41, 5.74) is -0.385. The van der Waals surface area contributed by atoms with Crippen LogP contribution in [0.4, 0.5) is 4.79 Å². The minimum atomic E-state index is -1.35. The fourth-order valence-corrected chi connectivity index (χ4v) is 4.59. The molecule has 0 unspecified atom stereocenters. The van der Waals surface area contributed by atoms with Crippen LogP contribution in [0.25, 0.3) is 0 Å². The average molecular weight is 411 g/mol. The monoisotopic (exact) mass is 410 g/mol. The van der Waals surface area contributed by atoms with Crippen molar-refractivity contribution in [3.63, 3.8) is 0 Å². The van der Waals surface area contributed by atoms with Crippen LogP contribution in [0.15, 0.2) is 24.3 Å². The average Bonchev–Trinajstić information content (AvgIpc) is 2.99. The van der Waals surface area contributed by atoms with Crippen molar-refractivity contribution >= 4 is 52.3 Å². The lowest BCUT2D eigenvalue weighted by Gasteiger charge is -2.23. The van der Waals surface area contributed by atoms with Gasteiger partial charge in [0.15, 0.2) is 5.78 Å². The molecule has 2 heterocycles. The van der Waals surface area contributed by atoms with Gasteiger partial charge in [-0.15, -0.1) is 11.3 Å². The molecule has 5 nitrogen and oxygen atoms in total. The molecule has 3 rings (SSSR count). The highest BCUT2D eigenvalue weighted by atomic mass is 35.5. The molecule has 0 saturated carbocycles. The third-order valence-corrected chi connectivity index (χ3v) is 5.90. The molecule has 8 heteroatoms. The van der Waals surface area contributed by atoms with Gasteiger partial charge in [-0.2, -0.15) is 0 Å². The number of ketones is 1. The Morgan fingerprint density at radius 3 is 2.50 bits per heavy atom. The van der Waals surface area contributed by atoms with Gasteiger partial charge in [-0.05, 0) is 39.0 Å². The van der Waals surface area contributed by atoms with E-state index in [0.29, 0.717) is 16.1 Å². The molecular formula is C18H16Cl2N2O3S. The number of amides is 3. The lowest BCUT2D eigenvalue weighted by molar-refractivity contribution is -0.130. The molecule has 1 aliphatic heterocycles. The molecule has 0 aliphatic carbocycles. The van der Waals surface area contributed by atoms with Gasteiger partial charge in [0.05, 0.1) is 6.54 Å². The molecular weight excluding hydrogens is 395 g/mol. The number of nitrogens with one attached hydrogen (secondary N) is 1. The summed E-state index contributed by atoms with van der Waals surface area (Å²) in [5.74, 6) is -0.800. The highest BCUT2D eigenvalue weighted by Crippen LogP contribution is 2.35. The molecule has 1 aromatic carbocycles. The first kappa shape index (κ1) is 18.9. The molecule has 3 amide bonds. The molecule has 1 fully saturated rings. The summed E-state index contributed by atoms with van der Waals surface area (Å²) in [6.45, 7) is 4.99. The maximum Gasteiger partial charge on any atom is 0.325 e. The van der Waals surface area contributed by atoms with Crippen LogP contribution in [-0.4, -0.2) is 29.2 Å². The van der Waals surface area contributed by atoms with Crippen molar-refractivity contribution in [3.8, 4) is 0 Å². The van der Waals surface area contributed by atoms with Crippen LogP contribution in [0.2, 0.25) is 10.0 Å². The van der Waals surface area contributed by atoms with Gasteiger partial charge in [0.1, 0.15) is 5.54 Å². The summed E-state index contributed by atoms with van der Waals surface area (Å²) in [6, 6.07) is 5.85. The topological polar surface area (TPSA) is 66.5 Å². The predicted octanol–water partition coefficient (Wildman–Crippen LogP) is 4.32. The van der Waals surface area contributed by atoms with E-state index in [-0.39, 0.29) is 17.4 Å². The zero-order valence-corrected chi connectivity index (χ0v) is 16.7. The number of imide groups is 1. The van der Waals surface area contributed by atoms with Gasteiger partial charge in [0, 0.05) is 30.9 Å². The fourth-order valence-electron chi connectivity index (χ4n) is 3.05. The number of thiophene rings is 1. The summed E-state index contributed by atoms with van der Waals surface area (Å²) in [5, 5.41) is 3.34. The molecule has 1 aliphatic rings. The summed E-state index contributed by atoms with van der Waals surface area (Å²) < 4.78 is 0. The van der Waals surface area contributed by atoms with Crippen molar-refractivity contribution in [2.24, 2.45) is 0 Å². The number of hydrogen-bond donors (Lipinski definition) is 1. The number of nitrogens with zero attached hydrogens (tertiary/aromatic N) is 1. The number of hydrogen-bond acceptors (Lipinski definition) is 4. The number of rotatable bonds is 4. The molecule has 0 radical (unpaired) electrons. The van der Waals surface area contributed by atoms with Crippen LogP contribution in [0.3, 0.4) is 0 Å². The molecule has 1 atom stereocenters. The molecule has 0 bridgehead atoms. The smallest absolute Gasteiger partial charge is 0.319 e. The Hall–Kier alpha value is -1.89. The van der Waals surface area contributed by atoms with Crippen LogP contribution in [-0.2, 0) is 10.3 Å². The molecule has 1 aromatic heterocycles. The van der Waals surface area contributed by atoms with Crippen LogP contribution in [0.1, 0.15) is 32.6 Å². The van der Waals surface area contributed by atoms with Crippen molar-refractivity contribution in [2.45, 2.75) is 26.3 Å². The Labute approximate surface area is 164 Å². The molecule has 26 heavy (non-hydrogen) atoms.